The molecule has 0 spiro atoms. The van der Waals surface area contributed by atoms with Crippen LogP contribution in [0.25, 0.3) is 103 Å². The predicted molar refractivity (Wildman–Crippen MR) is 547 cm³/mol. The number of thioether (sulfide) groups is 5. The third-order valence-corrected chi connectivity index (χ3v) is 31.4. The van der Waals surface area contributed by atoms with Crippen LogP contribution >= 0.6 is 115 Å². The van der Waals surface area contributed by atoms with Gasteiger partial charge in [0.1, 0.15) is 0 Å². The van der Waals surface area contributed by atoms with Crippen molar-refractivity contribution < 1.29 is 24.0 Å². The molecule has 0 saturated carbocycles. The third-order valence-electron chi connectivity index (χ3n) is 21.3. The monoisotopic (exact) mass is 1900 g/mol. The van der Waals surface area contributed by atoms with E-state index in [-0.39, 0.29) is 28.5 Å². The van der Waals surface area contributed by atoms with Crippen molar-refractivity contribution in [1.29, 1.82) is 0 Å². The van der Waals surface area contributed by atoms with E-state index in [1.165, 1.54) is 55.7 Å². The Morgan fingerprint density at radius 3 is 0.677 bits per heavy atom. The molecule has 20 nitrogen and oxygen atoms in total. The van der Waals surface area contributed by atoms with E-state index in [9.17, 15) is 24.0 Å². The maximum absolute atomic E-state index is 11.8. The van der Waals surface area contributed by atoms with Crippen molar-refractivity contribution in [3.8, 4) is 52.2 Å². The lowest BCUT2D eigenvalue weighted by Crippen LogP contribution is -2.14. The summed E-state index contributed by atoms with van der Waals surface area (Å²) in [5.74, 6) is 0.295. The van der Waals surface area contributed by atoms with Crippen LogP contribution in [0.15, 0.2) is 266 Å². The summed E-state index contributed by atoms with van der Waals surface area (Å²) in [4.78, 5) is 64.5. The first-order chi connectivity index (χ1) is 63.1. The molecule has 20 rings (SSSR count). The molecule has 0 saturated heterocycles. The summed E-state index contributed by atoms with van der Waals surface area (Å²) in [6.07, 6.45) is 22.5. The number of hydrogen-bond donors (Lipinski definition) is 5. The number of rotatable bonds is 20. The molecule has 15 aromatic rings. The number of aromatic nitrogens is 10. The number of thiophene rings is 5. The minimum absolute atomic E-state index is 0.245. The first-order valence-electron chi connectivity index (χ1n) is 41.3. The average Bonchev–Trinajstić information content (AvgIpc) is 1.64. The van der Waals surface area contributed by atoms with Crippen molar-refractivity contribution in [1.82, 2.24) is 51.0 Å². The third kappa shape index (κ3) is 22.1. The van der Waals surface area contributed by atoms with Gasteiger partial charge >= 0.3 is 0 Å². The van der Waals surface area contributed by atoms with Gasteiger partial charge in [-0.25, -0.2) is 0 Å². The van der Waals surface area contributed by atoms with Gasteiger partial charge in [-0.15, -0.1) is 141 Å². The number of nitrogens with zero attached hydrogens (tertiary/aromatic N) is 10. The van der Waals surface area contributed by atoms with E-state index in [1.807, 2.05) is 0 Å². The number of primary amides is 5. The zero-order chi connectivity index (χ0) is 90.5. The Morgan fingerprint density at radius 2 is 0.492 bits per heavy atom. The molecule has 0 aliphatic carbocycles. The van der Waals surface area contributed by atoms with E-state index < -0.39 is 29.5 Å². The van der Waals surface area contributed by atoms with Crippen molar-refractivity contribution in [2.45, 2.75) is 79.6 Å². The SMILES string of the molecule is Cc1ccc(-c2cc3c(CC4=CSC=CC4)nnc(C(N)=O)c3s2)cc1.Cc1ccc(-c2cc3c(CC4=CSC=CC4)nnc(C(N)=O)c3s2)cc1.Cc1ccc(-c2cc3c(CC4=CSCC=C4)nnc(C(N)=O)c3s2)cc1.Cc1ccc(-c2cc3c(CC4=CSCC=C4)nnc(C(N)=O)c3s2)cc1.Cc1ccc(-c2cc3c(CC4=CSCC=C4)nnc(C(N)=O)c3s2)cc1. The van der Waals surface area contributed by atoms with Crippen LogP contribution < -0.4 is 28.7 Å². The highest BCUT2D eigenvalue weighted by molar-refractivity contribution is 8.05. The Kier molecular flexibility index (Phi) is 29.5. The summed E-state index contributed by atoms with van der Waals surface area (Å²) in [5.41, 5.74) is 51.1. The second kappa shape index (κ2) is 42.1. The fraction of sp³-hybridized carbons (Fsp3) is 0.150. The minimum atomic E-state index is -0.543. The van der Waals surface area contributed by atoms with Gasteiger partial charge in [0.05, 0.1) is 52.0 Å². The molecule has 10 aromatic heterocycles. The highest BCUT2D eigenvalue weighted by Crippen LogP contribution is 2.44. The van der Waals surface area contributed by atoms with Crippen molar-refractivity contribution in [2.24, 2.45) is 28.7 Å². The quantitative estimate of drug-likeness (QED) is 0.0473. The van der Waals surface area contributed by atoms with Crippen molar-refractivity contribution >= 4 is 195 Å². The molecule has 5 aliphatic rings. The van der Waals surface area contributed by atoms with Crippen LogP contribution in [0.4, 0.5) is 0 Å². The van der Waals surface area contributed by atoms with Gasteiger partial charge in [-0.3, -0.25) is 24.0 Å². The summed E-state index contributed by atoms with van der Waals surface area (Å²) < 4.78 is 4.07. The van der Waals surface area contributed by atoms with Crippen LogP contribution in [0.1, 0.15) is 122 Å². The average molecular weight is 1900 g/mol. The fourth-order valence-corrected chi connectivity index (χ4v) is 23.7. The largest absolute Gasteiger partial charge is 0.364 e. The van der Waals surface area contributed by atoms with Gasteiger partial charge in [-0.1, -0.05) is 209 Å². The van der Waals surface area contributed by atoms with Crippen molar-refractivity contribution in [3.05, 3.63) is 351 Å². The van der Waals surface area contributed by atoms with E-state index in [1.54, 1.807) is 115 Å². The number of benzene rings is 5. The summed E-state index contributed by atoms with van der Waals surface area (Å²) >= 11 is 16.4. The van der Waals surface area contributed by atoms with Gasteiger partial charge in [-0.05, 0) is 160 Å². The van der Waals surface area contributed by atoms with Gasteiger partial charge in [0.2, 0.25) is 0 Å². The lowest BCUT2D eigenvalue weighted by atomic mass is 10.0. The standard InChI is InChI=1S/5C20H17N3OS2/c5*1-12-4-6-14(7-5-12)17-10-15-16(9-13-3-2-8-25-11-13)22-23-18(20(21)24)19(15)26-17/h2*2,4-8,10-11H,3,9H2,1H3,(H2,21,24);3*2-7,10-11H,8-9H2,1H3,(H2,21,24). The molecule has 15 heterocycles. The molecule has 130 heavy (non-hydrogen) atoms. The molecule has 650 valence electrons. The first-order valence-corrected chi connectivity index (χ1v) is 50.4. The molecule has 0 unspecified atom stereocenters. The van der Waals surface area contributed by atoms with E-state index in [4.69, 9.17) is 28.7 Å². The number of carbonyl (C=O) groups is 5. The summed E-state index contributed by atoms with van der Waals surface area (Å²) in [7, 11) is 0. The van der Waals surface area contributed by atoms with Crippen molar-refractivity contribution in [2.75, 3.05) is 17.3 Å². The summed E-state index contributed by atoms with van der Waals surface area (Å²) in [6, 6.07) is 52.3. The fourth-order valence-electron chi connectivity index (χ4n) is 14.5. The topological polar surface area (TPSA) is 344 Å². The summed E-state index contributed by atoms with van der Waals surface area (Å²) in [5, 5.41) is 62.0. The molecule has 0 radical (unpaired) electrons. The second-order valence-electron chi connectivity index (χ2n) is 31.0. The molecule has 0 fully saturated rings. The number of fused-ring (bicyclic) bond motifs is 5. The molecular formula is C100H85N15O5S10. The van der Waals surface area contributed by atoms with Crippen molar-refractivity contribution in [3.63, 3.8) is 0 Å². The molecule has 0 atom stereocenters. The number of allylic oxidation sites excluding steroid dienone is 10. The molecule has 5 aliphatic heterocycles. The Balaban J connectivity index is 0.000000119. The number of carbonyl (C=O) groups excluding carboxylic acids is 5. The molecule has 0 bridgehead atoms. The predicted octanol–water partition coefficient (Wildman–Crippen LogP) is 23.2. The zero-order valence-corrected chi connectivity index (χ0v) is 79.3. The van der Waals surface area contributed by atoms with Crippen LogP contribution in [0, 0.1) is 34.6 Å². The highest BCUT2D eigenvalue weighted by Gasteiger charge is 2.26. The lowest BCUT2D eigenvalue weighted by molar-refractivity contribution is 0.0988. The molecule has 10 N–H and O–H groups in total. The van der Waals surface area contributed by atoms with Gasteiger partial charge in [0, 0.05) is 101 Å². The second-order valence-corrected chi connectivity index (χ2v) is 40.6. The van der Waals surface area contributed by atoms with Crippen LogP contribution in [-0.4, -0.2) is 97.8 Å². The maximum atomic E-state index is 11.8. The van der Waals surface area contributed by atoms with E-state index in [0.717, 1.165) is 174 Å². The number of nitrogens with two attached hydrogens (primary N) is 5. The maximum Gasteiger partial charge on any atom is 0.270 e. The van der Waals surface area contributed by atoms with Crippen LogP contribution in [-0.2, 0) is 32.1 Å². The van der Waals surface area contributed by atoms with E-state index >= 15 is 0 Å². The van der Waals surface area contributed by atoms with Crippen LogP contribution in [0.2, 0.25) is 0 Å². The zero-order valence-electron chi connectivity index (χ0n) is 71.1. The normalized spacial score (nSPS) is 13.8. The minimum Gasteiger partial charge on any atom is -0.364 e. The van der Waals surface area contributed by atoms with Gasteiger partial charge < -0.3 is 28.7 Å². The lowest BCUT2D eigenvalue weighted by Gasteiger charge is -2.08. The first kappa shape index (κ1) is 91.1. The highest BCUT2D eigenvalue weighted by atomic mass is 32.2. The Morgan fingerprint density at radius 1 is 0.277 bits per heavy atom. The Hall–Kier alpha value is -12.2. The Labute approximate surface area is 791 Å². The molecule has 5 aromatic carbocycles. The molecular weight excluding hydrogens is 1810 g/mol. The smallest absolute Gasteiger partial charge is 0.270 e. The Bertz CT molecular complexity index is 6660. The van der Waals surface area contributed by atoms with Gasteiger partial charge in [0.25, 0.3) is 29.5 Å². The van der Waals surface area contributed by atoms with Crippen LogP contribution in [0.5, 0.6) is 0 Å². The molecule has 30 heteroatoms. The number of hydrogen-bond acceptors (Lipinski definition) is 25. The van der Waals surface area contributed by atoms with E-state index in [2.05, 4.69) is 324 Å². The van der Waals surface area contributed by atoms with Gasteiger partial charge in [-0.2, -0.15) is 25.5 Å². The summed E-state index contributed by atoms with van der Waals surface area (Å²) in [6.45, 7) is 10.3. The van der Waals surface area contributed by atoms with E-state index in [0.29, 0.717) is 19.3 Å². The molecule has 5 amide bonds. The number of aryl methyl sites for hydroxylation is 5. The van der Waals surface area contributed by atoms with Crippen LogP contribution in [0.3, 0.4) is 0 Å². The number of amides is 5. The van der Waals surface area contributed by atoms with Gasteiger partial charge in [0.15, 0.2) is 28.5 Å².